The first-order valence-electron chi connectivity index (χ1n) is 18.6. The van der Waals surface area contributed by atoms with Crippen molar-refractivity contribution in [1.29, 1.82) is 5.26 Å². The number of benzene rings is 3. The van der Waals surface area contributed by atoms with Gasteiger partial charge in [-0.05, 0) is 98.7 Å². The number of hydrogen-bond acceptors (Lipinski definition) is 8. The Bertz CT molecular complexity index is 2100. The molecule has 1 aromatic heterocycles. The zero-order valence-electron chi connectivity index (χ0n) is 30.3. The summed E-state index contributed by atoms with van der Waals surface area (Å²) in [5, 5.41) is 11.4. The number of piperidine rings is 2. The van der Waals surface area contributed by atoms with Crippen molar-refractivity contribution < 1.29 is 27.5 Å². The fourth-order valence-corrected chi connectivity index (χ4v) is 8.00. The predicted molar refractivity (Wildman–Crippen MR) is 199 cm³/mol. The lowest BCUT2D eigenvalue weighted by Crippen LogP contribution is -2.46. The highest BCUT2D eigenvalue weighted by Crippen LogP contribution is 2.37. The van der Waals surface area contributed by atoms with E-state index in [1.54, 1.807) is 23.8 Å². The standard InChI is InChI=1S/C40H44F3N7O4/c1-46-36-25-31(8-11-34(36)50(39(46)53)35-12-13-37(51)45-38(35)52)49-21-19-47(20-22-49)16-2-3-23-54-32-9-5-27(6-10-32)28-14-17-48(18-15-28)30-7-4-29(26-44)33(24-30)40(41,42)43/h4-11,24-25,28,35H,2-3,12-23H2,1H3,(H,45,51,52). The van der Waals surface area contributed by atoms with E-state index in [1.807, 2.05) is 35.2 Å². The lowest BCUT2D eigenvalue weighted by molar-refractivity contribution is -0.138. The summed E-state index contributed by atoms with van der Waals surface area (Å²) in [5.74, 6) is 0.396. The summed E-state index contributed by atoms with van der Waals surface area (Å²) in [6, 6.07) is 19.0. The van der Waals surface area contributed by atoms with E-state index in [1.165, 1.54) is 16.2 Å². The largest absolute Gasteiger partial charge is 0.494 e. The Morgan fingerprint density at radius 2 is 1.52 bits per heavy atom. The molecule has 1 unspecified atom stereocenters. The lowest BCUT2D eigenvalue weighted by atomic mass is 9.89. The number of fused-ring (bicyclic) bond motifs is 1. The molecule has 1 N–H and O–H groups in total. The van der Waals surface area contributed by atoms with Crippen molar-refractivity contribution in [1.82, 2.24) is 19.4 Å². The van der Waals surface area contributed by atoms with Gasteiger partial charge in [0.1, 0.15) is 11.8 Å². The number of piperazine rings is 1. The van der Waals surface area contributed by atoms with Crippen molar-refractivity contribution in [3.8, 4) is 11.8 Å². The number of carbonyl (C=O) groups is 2. The Balaban J connectivity index is 0.826. The van der Waals surface area contributed by atoms with Crippen molar-refractivity contribution in [3.05, 3.63) is 87.8 Å². The maximum Gasteiger partial charge on any atom is 0.417 e. The van der Waals surface area contributed by atoms with E-state index < -0.39 is 23.7 Å². The molecule has 54 heavy (non-hydrogen) atoms. The molecule has 0 aliphatic carbocycles. The summed E-state index contributed by atoms with van der Waals surface area (Å²) in [7, 11) is 1.71. The third-order valence-corrected chi connectivity index (χ3v) is 11.1. The van der Waals surface area contributed by atoms with Crippen LogP contribution in [0.5, 0.6) is 5.75 Å². The van der Waals surface area contributed by atoms with Gasteiger partial charge in [-0.3, -0.25) is 28.9 Å². The first-order valence-corrected chi connectivity index (χ1v) is 18.6. The number of nitriles is 1. The zero-order valence-corrected chi connectivity index (χ0v) is 30.3. The molecule has 0 saturated carbocycles. The van der Waals surface area contributed by atoms with Gasteiger partial charge in [0, 0.05) is 64.1 Å². The second-order valence-electron chi connectivity index (χ2n) is 14.4. The molecule has 1 atom stereocenters. The first kappa shape index (κ1) is 37.0. The summed E-state index contributed by atoms with van der Waals surface area (Å²) in [5.41, 5.74) is 2.67. The molecule has 3 aliphatic rings. The van der Waals surface area contributed by atoms with Gasteiger partial charge in [0.25, 0.3) is 0 Å². The van der Waals surface area contributed by atoms with Gasteiger partial charge in [-0.1, -0.05) is 12.1 Å². The number of aromatic nitrogens is 2. The van der Waals surface area contributed by atoms with Gasteiger partial charge in [-0.2, -0.15) is 18.4 Å². The lowest BCUT2D eigenvalue weighted by Gasteiger charge is -2.36. The molecule has 4 heterocycles. The Labute approximate surface area is 311 Å². The average molecular weight is 744 g/mol. The Hall–Kier alpha value is -5.29. The number of ether oxygens (including phenoxy) is 1. The summed E-state index contributed by atoms with van der Waals surface area (Å²) < 4.78 is 49.5. The van der Waals surface area contributed by atoms with Crippen LogP contribution in [0.25, 0.3) is 11.0 Å². The Morgan fingerprint density at radius 3 is 2.20 bits per heavy atom. The second-order valence-corrected chi connectivity index (χ2v) is 14.4. The highest BCUT2D eigenvalue weighted by Gasteiger charge is 2.35. The summed E-state index contributed by atoms with van der Waals surface area (Å²) in [6.07, 6.45) is -0.451. The number of nitrogens with one attached hydrogen (secondary N) is 1. The van der Waals surface area contributed by atoms with Crippen LogP contribution in [0.15, 0.2) is 65.5 Å². The number of nitrogens with zero attached hydrogens (tertiary/aromatic N) is 6. The normalized spacial score (nSPS) is 18.9. The van der Waals surface area contributed by atoms with Gasteiger partial charge in [-0.15, -0.1) is 0 Å². The van der Waals surface area contributed by atoms with Crippen LogP contribution >= 0.6 is 0 Å². The van der Waals surface area contributed by atoms with E-state index in [-0.39, 0.29) is 23.6 Å². The fourth-order valence-electron chi connectivity index (χ4n) is 8.00. The molecule has 3 saturated heterocycles. The maximum absolute atomic E-state index is 13.5. The maximum atomic E-state index is 13.5. The third-order valence-electron chi connectivity index (χ3n) is 11.1. The number of amides is 2. The summed E-state index contributed by atoms with van der Waals surface area (Å²) in [6.45, 7) is 6.48. The molecule has 0 radical (unpaired) electrons. The van der Waals surface area contributed by atoms with E-state index in [4.69, 9.17) is 10.00 Å². The van der Waals surface area contributed by atoms with Crippen molar-refractivity contribution in [2.75, 3.05) is 62.2 Å². The molecule has 3 aliphatic heterocycles. The van der Waals surface area contributed by atoms with Crippen molar-refractivity contribution in [3.63, 3.8) is 0 Å². The van der Waals surface area contributed by atoms with Crippen LogP contribution in [0.1, 0.15) is 67.2 Å². The van der Waals surface area contributed by atoms with E-state index in [0.717, 1.165) is 81.4 Å². The van der Waals surface area contributed by atoms with Crippen molar-refractivity contribution in [2.45, 2.75) is 56.7 Å². The highest BCUT2D eigenvalue weighted by molar-refractivity contribution is 6.00. The molecule has 0 bridgehead atoms. The average Bonchev–Trinajstić information content (AvgIpc) is 3.42. The molecule has 2 amide bonds. The van der Waals surface area contributed by atoms with Crippen LogP contribution in [0.4, 0.5) is 24.5 Å². The SMILES string of the molecule is Cn1c(=O)n(C2CCC(=O)NC2=O)c2ccc(N3CCN(CCCCOc4ccc(C5CCN(c6ccc(C#N)c(C(F)(F)F)c6)CC5)cc4)CC3)cc21. The van der Waals surface area contributed by atoms with Gasteiger partial charge in [0.05, 0.1) is 34.8 Å². The number of imide groups is 1. The smallest absolute Gasteiger partial charge is 0.417 e. The number of rotatable bonds is 10. The number of anilines is 2. The molecular weight excluding hydrogens is 699 g/mol. The minimum Gasteiger partial charge on any atom is -0.494 e. The van der Waals surface area contributed by atoms with Crippen molar-refractivity contribution in [2.24, 2.45) is 7.05 Å². The molecule has 7 rings (SSSR count). The van der Waals surface area contributed by atoms with Gasteiger partial charge >= 0.3 is 11.9 Å². The number of aryl methyl sites for hydroxylation is 1. The summed E-state index contributed by atoms with van der Waals surface area (Å²) in [4.78, 5) is 44.0. The van der Waals surface area contributed by atoms with Gasteiger partial charge < -0.3 is 14.5 Å². The van der Waals surface area contributed by atoms with Gasteiger partial charge in [-0.25, -0.2) is 4.79 Å². The Kier molecular flexibility index (Phi) is 10.7. The van der Waals surface area contributed by atoms with Crippen LogP contribution in [0, 0.1) is 11.3 Å². The first-order chi connectivity index (χ1) is 26.0. The van der Waals surface area contributed by atoms with Gasteiger partial charge in [0.15, 0.2) is 0 Å². The third kappa shape index (κ3) is 7.82. The molecule has 0 spiro atoms. The number of unbranched alkanes of at least 4 members (excludes halogenated alkanes) is 1. The quantitative estimate of drug-likeness (QED) is 0.166. The zero-order chi connectivity index (χ0) is 38.0. The molecule has 3 fully saturated rings. The second kappa shape index (κ2) is 15.6. The predicted octanol–water partition coefficient (Wildman–Crippen LogP) is 5.57. The molecule has 11 nitrogen and oxygen atoms in total. The number of carbonyl (C=O) groups excluding carboxylic acids is 2. The minimum atomic E-state index is -4.57. The van der Waals surface area contributed by atoms with E-state index in [9.17, 15) is 27.6 Å². The van der Waals surface area contributed by atoms with E-state index in [0.29, 0.717) is 43.2 Å². The Morgan fingerprint density at radius 1 is 0.833 bits per heavy atom. The van der Waals surface area contributed by atoms with Crippen LogP contribution in [-0.4, -0.2) is 78.3 Å². The van der Waals surface area contributed by atoms with Gasteiger partial charge in [0.2, 0.25) is 11.8 Å². The topological polar surface area (TPSA) is 116 Å². The highest BCUT2D eigenvalue weighted by atomic mass is 19.4. The molecule has 3 aromatic carbocycles. The molecular formula is C40H44F3N7O4. The van der Waals surface area contributed by atoms with Crippen LogP contribution in [-0.2, 0) is 22.8 Å². The number of alkyl halides is 3. The van der Waals surface area contributed by atoms with E-state index in [2.05, 4.69) is 27.2 Å². The fraction of sp³-hybridized carbons (Fsp3) is 0.450. The van der Waals surface area contributed by atoms with Crippen LogP contribution < -0.4 is 25.5 Å². The van der Waals surface area contributed by atoms with Crippen LogP contribution in [0.2, 0.25) is 0 Å². The molecule has 4 aromatic rings. The van der Waals surface area contributed by atoms with Crippen LogP contribution in [0.3, 0.4) is 0 Å². The summed E-state index contributed by atoms with van der Waals surface area (Å²) >= 11 is 0. The molecule has 284 valence electrons. The number of halogens is 3. The monoisotopic (exact) mass is 743 g/mol. The minimum absolute atomic E-state index is 0.208. The number of hydrogen-bond donors (Lipinski definition) is 1. The van der Waals surface area contributed by atoms with E-state index >= 15 is 0 Å². The number of imidazole rings is 1. The van der Waals surface area contributed by atoms with Crippen molar-refractivity contribution >= 4 is 34.2 Å². The molecule has 14 heteroatoms.